The summed E-state index contributed by atoms with van der Waals surface area (Å²) in [5.74, 6) is 0. The van der Waals surface area contributed by atoms with Crippen LogP contribution in [0.3, 0.4) is 0 Å². The molecule has 0 bridgehead atoms. The fraction of sp³-hybridized carbons (Fsp3) is 1.00. The van der Waals surface area contributed by atoms with Gasteiger partial charge in [0, 0.05) is 0 Å². The molecule has 0 heterocycles. The van der Waals surface area contributed by atoms with Crippen molar-refractivity contribution in [2.24, 2.45) is 0 Å². The fourth-order valence-corrected chi connectivity index (χ4v) is 0. The SMILES string of the molecule is CNC.C[O][Co]. The van der Waals surface area contributed by atoms with Crippen LogP contribution in [-0.2, 0) is 19.9 Å². The van der Waals surface area contributed by atoms with Gasteiger partial charge in [-0.15, -0.1) is 0 Å². The van der Waals surface area contributed by atoms with Crippen molar-refractivity contribution < 1.29 is 19.9 Å². The van der Waals surface area contributed by atoms with Crippen LogP contribution < -0.4 is 5.32 Å². The Morgan fingerprint density at radius 1 is 1.50 bits per heavy atom. The van der Waals surface area contributed by atoms with E-state index >= 15 is 0 Å². The van der Waals surface area contributed by atoms with Crippen LogP contribution in [-0.4, -0.2) is 21.2 Å². The molecule has 0 fully saturated rings. The van der Waals surface area contributed by atoms with Gasteiger partial charge in [-0.2, -0.15) is 0 Å². The first-order valence-electron chi connectivity index (χ1n) is 1.54. The first kappa shape index (κ1) is 9.66. The van der Waals surface area contributed by atoms with Crippen LogP contribution >= 0.6 is 0 Å². The molecule has 0 aliphatic heterocycles. The molecule has 0 rings (SSSR count). The second-order valence-corrected chi connectivity index (χ2v) is 1.06. The Morgan fingerprint density at radius 3 is 1.50 bits per heavy atom. The van der Waals surface area contributed by atoms with Gasteiger partial charge in [-0.1, -0.05) is 0 Å². The summed E-state index contributed by atoms with van der Waals surface area (Å²) in [6.07, 6.45) is 0. The zero-order chi connectivity index (χ0) is 5.41. The summed E-state index contributed by atoms with van der Waals surface area (Å²) < 4.78 is 3.94. The number of hydrogen-bond acceptors (Lipinski definition) is 2. The summed E-state index contributed by atoms with van der Waals surface area (Å²) >= 11 is 3.33. The van der Waals surface area contributed by atoms with Gasteiger partial charge in [0.15, 0.2) is 0 Å². The summed E-state index contributed by atoms with van der Waals surface area (Å²) in [7, 11) is 5.24. The van der Waals surface area contributed by atoms with Crippen molar-refractivity contribution in [1.29, 1.82) is 0 Å². The molecule has 0 unspecified atom stereocenters. The average molecular weight is 135 g/mol. The van der Waals surface area contributed by atoms with Gasteiger partial charge in [0.25, 0.3) is 0 Å². The van der Waals surface area contributed by atoms with Crippen molar-refractivity contribution in [2.75, 3.05) is 21.2 Å². The van der Waals surface area contributed by atoms with E-state index in [1.165, 1.54) is 7.11 Å². The third-order valence-electron chi connectivity index (χ3n) is 0. The Hall–Kier alpha value is 0.426. The molecule has 42 valence electrons. The second kappa shape index (κ2) is 18.1. The molecular formula is C3H10CoNO. The average Bonchev–Trinajstić information content (AvgIpc) is 1.39. The molecule has 0 spiro atoms. The Bertz CT molecular complexity index is 12.8. The summed E-state index contributed by atoms with van der Waals surface area (Å²) in [4.78, 5) is 0. The molecule has 6 heavy (non-hydrogen) atoms. The van der Waals surface area contributed by atoms with Gasteiger partial charge in [-0.25, -0.2) is 0 Å². The summed E-state index contributed by atoms with van der Waals surface area (Å²) in [5.41, 5.74) is 0. The minimum absolute atomic E-state index is 1.49. The quantitative estimate of drug-likeness (QED) is 0.502. The van der Waals surface area contributed by atoms with E-state index in [2.05, 4.69) is 25.2 Å². The third-order valence-corrected chi connectivity index (χ3v) is 0. The standard InChI is InChI=1S/C2H7N.CH3O.Co/c1-3-2;1-2;/h3H,1-2H3;1H3;/q;-1;+1. The summed E-state index contributed by atoms with van der Waals surface area (Å²) in [5, 5.41) is 2.75. The van der Waals surface area contributed by atoms with Crippen LogP contribution in [0.5, 0.6) is 0 Å². The van der Waals surface area contributed by atoms with Crippen molar-refractivity contribution >= 4 is 0 Å². The predicted octanol–water partition coefficient (Wildman–Crippen LogP) is -0.0698. The zero-order valence-electron chi connectivity index (χ0n) is 4.24. The van der Waals surface area contributed by atoms with E-state index < -0.39 is 0 Å². The molecule has 0 aromatic rings. The zero-order valence-corrected chi connectivity index (χ0v) is 5.28. The van der Waals surface area contributed by atoms with E-state index in [4.69, 9.17) is 0 Å². The van der Waals surface area contributed by atoms with Crippen molar-refractivity contribution in [3.63, 3.8) is 0 Å². The Balaban J connectivity index is 0. The third kappa shape index (κ3) is 286. The van der Waals surface area contributed by atoms with Crippen LogP contribution in [0.4, 0.5) is 0 Å². The van der Waals surface area contributed by atoms with Crippen LogP contribution in [0.1, 0.15) is 0 Å². The molecule has 2 nitrogen and oxygen atoms in total. The van der Waals surface area contributed by atoms with Gasteiger partial charge in [-0.05, 0) is 14.1 Å². The van der Waals surface area contributed by atoms with Crippen molar-refractivity contribution in [3.05, 3.63) is 0 Å². The number of nitrogens with one attached hydrogen (secondary N) is 1. The summed E-state index contributed by atoms with van der Waals surface area (Å²) in [6, 6.07) is 0. The van der Waals surface area contributed by atoms with Crippen molar-refractivity contribution in [2.45, 2.75) is 0 Å². The molecule has 3 heteroatoms. The molecule has 0 saturated heterocycles. The van der Waals surface area contributed by atoms with Gasteiger partial charge in [0.05, 0.1) is 0 Å². The fourth-order valence-electron chi connectivity index (χ4n) is 0. The van der Waals surface area contributed by atoms with Gasteiger partial charge in [0.2, 0.25) is 0 Å². The second-order valence-electron chi connectivity index (χ2n) is 0.636. The van der Waals surface area contributed by atoms with E-state index in [0.717, 1.165) is 0 Å². The van der Waals surface area contributed by atoms with Crippen LogP contribution in [0.15, 0.2) is 0 Å². The van der Waals surface area contributed by atoms with E-state index in [1.807, 2.05) is 14.1 Å². The molecule has 0 aromatic heterocycles. The van der Waals surface area contributed by atoms with Crippen LogP contribution in [0.2, 0.25) is 0 Å². The number of rotatable bonds is 0. The van der Waals surface area contributed by atoms with E-state index in [-0.39, 0.29) is 0 Å². The first-order chi connectivity index (χ1) is 2.83. The Labute approximate surface area is 47.2 Å². The van der Waals surface area contributed by atoms with E-state index in [1.54, 1.807) is 0 Å². The van der Waals surface area contributed by atoms with Gasteiger partial charge < -0.3 is 5.32 Å². The summed E-state index contributed by atoms with van der Waals surface area (Å²) in [6.45, 7) is 0. The molecule has 0 atom stereocenters. The minimum atomic E-state index is 1.49. The van der Waals surface area contributed by atoms with Gasteiger partial charge in [-0.3, -0.25) is 0 Å². The van der Waals surface area contributed by atoms with Crippen LogP contribution in [0.25, 0.3) is 0 Å². The normalized spacial score (nSPS) is 6.17. The molecule has 0 amide bonds. The van der Waals surface area contributed by atoms with Gasteiger partial charge >= 0.3 is 27.0 Å². The van der Waals surface area contributed by atoms with Gasteiger partial charge in [0.1, 0.15) is 0 Å². The molecule has 0 aliphatic rings. The van der Waals surface area contributed by atoms with E-state index in [0.29, 0.717) is 0 Å². The predicted molar refractivity (Wildman–Crippen MR) is 22.0 cm³/mol. The maximum absolute atomic E-state index is 3.94. The Kier molecular flexibility index (Phi) is 29.1. The molecular weight excluding hydrogens is 125 g/mol. The molecule has 0 radical (unpaired) electrons. The van der Waals surface area contributed by atoms with Crippen LogP contribution in [0, 0.1) is 0 Å². The monoisotopic (exact) mass is 135 g/mol. The van der Waals surface area contributed by atoms with E-state index in [9.17, 15) is 0 Å². The van der Waals surface area contributed by atoms with Crippen molar-refractivity contribution in [1.82, 2.24) is 5.32 Å². The van der Waals surface area contributed by atoms with Crippen molar-refractivity contribution in [3.8, 4) is 0 Å². The molecule has 0 aliphatic carbocycles. The first-order valence-corrected chi connectivity index (χ1v) is 1.97. The molecule has 1 N–H and O–H groups in total. The molecule has 0 aromatic carbocycles. The maximum atomic E-state index is 3.94. The number of hydrogen-bond donors (Lipinski definition) is 1. The Morgan fingerprint density at radius 2 is 1.50 bits per heavy atom. The topological polar surface area (TPSA) is 21.3 Å². The molecule has 0 saturated carbocycles.